The molecule has 0 aromatic heterocycles. The number of nitrogens with zero attached hydrogens (tertiary/aromatic N) is 1. The highest BCUT2D eigenvalue weighted by Gasteiger charge is 2.31. The quantitative estimate of drug-likeness (QED) is 0.521. The Morgan fingerprint density at radius 3 is 2.29 bits per heavy atom. The first-order chi connectivity index (χ1) is 16.9. The fourth-order valence-corrected chi connectivity index (χ4v) is 4.02. The summed E-state index contributed by atoms with van der Waals surface area (Å²) in [4.78, 5) is 27.7. The van der Waals surface area contributed by atoms with Crippen LogP contribution in [-0.4, -0.2) is 45.8 Å². The summed E-state index contributed by atoms with van der Waals surface area (Å²) in [7, 11) is 4.48. The van der Waals surface area contributed by atoms with E-state index in [2.05, 4.69) is 5.32 Å². The standard InChI is InChI=1S/C27H28N2O6/c1-17-27(31)29(13-12-18-8-6-5-7-9-18)21-16-20(10-11-22(21)35-17)28-26(30)19-14-23(32-2)25(34-4)24(15-19)33-3/h5-11,14-17H,12-13H2,1-4H3,(H,28,30). The number of anilines is 2. The zero-order valence-corrected chi connectivity index (χ0v) is 20.2. The number of hydrogen-bond donors (Lipinski definition) is 1. The first-order valence-corrected chi connectivity index (χ1v) is 11.2. The number of rotatable bonds is 8. The molecule has 3 aromatic rings. The smallest absolute Gasteiger partial charge is 0.267 e. The van der Waals surface area contributed by atoms with Crippen LogP contribution in [0.1, 0.15) is 22.8 Å². The van der Waals surface area contributed by atoms with Gasteiger partial charge in [0.2, 0.25) is 5.75 Å². The number of methoxy groups -OCH3 is 3. The maximum atomic E-state index is 13.1. The number of fused-ring (bicyclic) bond motifs is 1. The lowest BCUT2D eigenvalue weighted by Crippen LogP contribution is -2.45. The molecule has 0 fully saturated rings. The van der Waals surface area contributed by atoms with E-state index in [0.717, 1.165) is 5.56 Å². The van der Waals surface area contributed by atoms with Crippen LogP contribution in [0.25, 0.3) is 0 Å². The van der Waals surface area contributed by atoms with Gasteiger partial charge in [-0.15, -0.1) is 0 Å². The summed E-state index contributed by atoms with van der Waals surface area (Å²) in [5.74, 6) is 1.26. The van der Waals surface area contributed by atoms with E-state index < -0.39 is 6.10 Å². The number of carbonyl (C=O) groups excluding carboxylic acids is 2. The minimum atomic E-state index is -0.585. The molecule has 0 bridgehead atoms. The van der Waals surface area contributed by atoms with Gasteiger partial charge in [0.1, 0.15) is 5.75 Å². The number of carbonyl (C=O) groups is 2. The van der Waals surface area contributed by atoms with Crippen molar-refractivity contribution in [3.63, 3.8) is 0 Å². The molecule has 4 rings (SSSR count). The van der Waals surface area contributed by atoms with E-state index in [0.29, 0.717) is 52.9 Å². The molecule has 182 valence electrons. The Morgan fingerprint density at radius 1 is 0.971 bits per heavy atom. The molecule has 1 aliphatic heterocycles. The van der Waals surface area contributed by atoms with Crippen LogP contribution >= 0.6 is 0 Å². The molecule has 1 heterocycles. The number of benzene rings is 3. The highest BCUT2D eigenvalue weighted by Crippen LogP contribution is 2.39. The van der Waals surface area contributed by atoms with Gasteiger partial charge in [0.05, 0.1) is 27.0 Å². The Bertz CT molecular complexity index is 1200. The van der Waals surface area contributed by atoms with Crippen LogP contribution in [-0.2, 0) is 11.2 Å². The average Bonchev–Trinajstić information content (AvgIpc) is 2.88. The van der Waals surface area contributed by atoms with Crippen LogP contribution in [0.2, 0.25) is 0 Å². The fourth-order valence-electron chi connectivity index (χ4n) is 4.02. The first-order valence-electron chi connectivity index (χ1n) is 11.2. The normalized spacial score (nSPS) is 14.6. The molecule has 8 nitrogen and oxygen atoms in total. The summed E-state index contributed by atoms with van der Waals surface area (Å²) in [6.07, 6.45) is 0.110. The van der Waals surface area contributed by atoms with Crippen molar-refractivity contribution in [2.24, 2.45) is 0 Å². The van der Waals surface area contributed by atoms with E-state index >= 15 is 0 Å². The fraction of sp³-hybridized carbons (Fsp3) is 0.259. The Balaban J connectivity index is 1.59. The van der Waals surface area contributed by atoms with Crippen molar-refractivity contribution in [1.29, 1.82) is 0 Å². The Morgan fingerprint density at radius 2 is 1.66 bits per heavy atom. The van der Waals surface area contributed by atoms with E-state index in [1.165, 1.54) is 21.3 Å². The highest BCUT2D eigenvalue weighted by molar-refractivity contribution is 6.06. The van der Waals surface area contributed by atoms with Crippen molar-refractivity contribution in [1.82, 2.24) is 0 Å². The zero-order valence-electron chi connectivity index (χ0n) is 20.2. The van der Waals surface area contributed by atoms with Crippen LogP contribution in [0.4, 0.5) is 11.4 Å². The van der Waals surface area contributed by atoms with Gasteiger partial charge in [-0.1, -0.05) is 30.3 Å². The van der Waals surface area contributed by atoms with Crippen molar-refractivity contribution < 1.29 is 28.5 Å². The molecule has 0 saturated carbocycles. The van der Waals surface area contributed by atoms with Gasteiger partial charge < -0.3 is 29.2 Å². The van der Waals surface area contributed by atoms with Gasteiger partial charge in [-0.25, -0.2) is 0 Å². The summed E-state index contributed by atoms with van der Waals surface area (Å²) in [6.45, 7) is 2.23. The number of ether oxygens (including phenoxy) is 4. The SMILES string of the molecule is COc1cc(C(=O)Nc2ccc3c(c2)N(CCc2ccccc2)C(=O)C(C)O3)cc(OC)c1OC. The minimum absolute atomic E-state index is 0.124. The van der Waals surface area contributed by atoms with Gasteiger partial charge in [0.25, 0.3) is 11.8 Å². The summed E-state index contributed by atoms with van der Waals surface area (Å²) < 4.78 is 21.8. The summed E-state index contributed by atoms with van der Waals surface area (Å²) in [6, 6.07) is 18.4. The molecule has 2 amide bonds. The van der Waals surface area contributed by atoms with Crippen LogP contribution < -0.4 is 29.2 Å². The average molecular weight is 477 g/mol. The third-order valence-electron chi connectivity index (χ3n) is 5.82. The molecule has 8 heteroatoms. The van der Waals surface area contributed by atoms with Gasteiger partial charge in [-0.2, -0.15) is 0 Å². The van der Waals surface area contributed by atoms with Gasteiger partial charge in [-0.05, 0) is 49.2 Å². The minimum Gasteiger partial charge on any atom is -0.493 e. The van der Waals surface area contributed by atoms with Crippen molar-refractivity contribution >= 4 is 23.2 Å². The van der Waals surface area contributed by atoms with E-state index in [1.54, 1.807) is 42.2 Å². The van der Waals surface area contributed by atoms with E-state index in [4.69, 9.17) is 18.9 Å². The topological polar surface area (TPSA) is 86.3 Å². The second-order valence-electron chi connectivity index (χ2n) is 8.04. The molecule has 3 aromatic carbocycles. The molecule has 35 heavy (non-hydrogen) atoms. The highest BCUT2D eigenvalue weighted by atomic mass is 16.5. The molecule has 1 atom stereocenters. The molecule has 0 aliphatic carbocycles. The predicted molar refractivity (Wildman–Crippen MR) is 133 cm³/mol. The van der Waals surface area contributed by atoms with Gasteiger partial charge in [-0.3, -0.25) is 9.59 Å². The maximum absolute atomic E-state index is 13.1. The third kappa shape index (κ3) is 5.01. The monoisotopic (exact) mass is 476 g/mol. The van der Waals surface area contributed by atoms with Crippen LogP contribution in [0.15, 0.2) is 60.7 Å². The molecule has 0 saturated heterocycles. The van der Waals surface area contributed by atoms with Gasteiger partial charge >= 0.3 is 0 Å². The second kappa shape index (κ2) is 10.4. The van der Waals surface area contributed by atoms with Crippen LogP contribution in [0.5, 0.6) is 23.0 Å². The zero-order chi connectivity index (χ0) is 24.9. The van der Waals surface area contributed by atoms with Gasteiger partial charge in [0, 0.05) is 17.8 Å². The summed E-state index contributed by atoms with van der Waals surface area (Å²) >= 11 is 0. The lowest BCUT2D eigenvalue weighted by Gasteiger charge is -2.33. The summed E-state index contributed by atoms with van der Waals surface area (Å²) in [5.41, 5.74) is 2.61. The van der Waals surface area contributed by atoms with Crippen molar-refractivity contribution in [3.8, 4) is 23.0 Å². The number of nitrogens with one attached hydrogen (secondary N) is 1. The molecular formula is C27H28N2O6. The molecule has 0 spiro atoms. The Kier molecular flexibility index (Phi) is 7.10. The molecule has 0 radical (unpaired) electrons. The molecular weight excluding hydrogens is 448 g/mol. The largest absolute Gasteiger partial charge is 0.493 e. The molecule has 1 N–H and O–H groups in total. The third-order valence-corrected chi connectivity index (χ3v) is 5.82. The lowest BCUT2D eigenvalue weighted by molar-refractivity contribution is -0.125. The van der Waals surface area contributed by atoms with E-state index in [1.807, 2.05) is 30.3 Å². The second-order valence-corrected chi connectivity index (χ2v) is 8.04. The maximum Gasteiger partial charge on any atom is 0.267 e. The summed E-state index contributed by atoms with van der Waals surface area (Å²) in [5, 5.41) is 2.88. The van der Waals surface area contributed by atoms with Crippen LogP contribution in [0.3, 0.4) is 0 Å². The van der Waals surface area contributed by atoms with Crippen molar-refractivity contribution in [3.05, 3.63) is 71.8 Å². The van der Waals surface area contributed by atoms with E-state index in [9.17, 15) is 9.59 Å². The Hall–Kier alpha value is -4.20. The van der Waals surface area contributed by atoms with Gasteiger partial charge in [0.15, 0.2) is 17.6 Å². The van der Waals surface area contributed by atoms with Crippen molar-refractivity contribution in [2.45, 2.75) is 19.4 Å². The molecule has 1 aliphatic rings. The lowest BCUT2D eigenvalue weighted by atomic mass is 10.1. The first kappa shape index (κ1) is 23.9. The molecule has 1 unspecified atom stereocenters. The number of hydrogen-bond acceptors (Lipinski definition) is 6. The Labute approximate surface area is 204 Å². The van der Waals surface area contributed by atoms with Crippen molar-refractivity contribution in [2.75, 3.05) is 38.1 Å². The predicted octanol–water partition coefficient (Wildman–Crippen LogP) is 4.32. The van der Waals surface area contributed by atoms with Crippen LogP contribution in [0, 0.1) is 0 Å². The number of amides is 2. The van der Waals surface area contributed by atoms with E-state index in [-0.39, 0.29) is 11.8 Å².